The molecule has 0 aliphatic heterocycles. The summed E-state index contributed by atoms with van der Waals surface area (Å²) in [7, 11) is 0. The third-order valence-electron chi connectivity index (χ3n) is 3.09. The molecule has 0 unspecified atom stereocenters. The Hall–Kier alpha value is -1.90. The van der Waals surface area contributed by atoms with E-state index in [1.807, 2.05) is 33.8 Å². The van der Waals surface area contributed by atoms with Crippen LogP contribution >= 0.6 is 0 Å². The molecule has 0 atom stereocenters. The van der Waals surface area contributed by atoms with Crippen LogP contribution in [0.2, 0.25) is 0 Å². The van der Waals surface area contributed by atoms with Crippen molar-refractivity contribution in [1.29, 1.82) is 0 Å². The molecule has 1 aromatic rings. The summed E-state index contributed by atoms with van der Waals surface area (Å²) >= 11 is 0. The van der Waals surface area contributed by atoms with Gasteiger partial charge in [0, 0.05) is 11.1 Å². The van der Waals surface area contributed by atoms with E-state index in [1.165, 1.54) is 0 Å². The number of rotatable bonds is 0. The average Bonchev–Trinajstić information content (AvgIpc) is 2.24. The summed E-state index contributed by atoms with van der Waals surface area (Å²) < 4.78 is 0. The third-order valence-corrected chi connectivity index (χ3v) is 3.09. The van der Waals surface area contributed by atoms with Gasteiger partial charge in [-0.1, -0.05) is 38.5 Å². The van der Waals surface area contributed by atoms with Gasteiger partial charge in [0.1, 0.15) is 5.76 Å². The third kappa shape index (κ3) is 1.76. The van der Waals surface area contributed by atoms with Crippen molar-refractivity contribution in [3.05, 3.63) is 40.5 Å². The Kier molecular flexibility index (Phi) is 2.65. The van der Waals surface area contributed by atoms with E-state index in [-0.39, 0.29) is 11.3 Å². The van der Waals surface area contributed by atoms with Crippen LogP contribution in [0.3, 0.4) is 0 Å². The molecule has 1 aromatic carbocycles. The number of Topliss-reactive ketones (excluding diaryl/α,β-unsaturated/α-hetero) is 2. The molecule has 0 spiro atoms. The highest BCUT2D eigenvalue weighted by atomic mass is 16.3. The minimum absolute atomic E-state index is 0.0675. The highest BCUT2D eigenvalue weighted by Crippen LogP contribution is 2.37. The molecule has 18 heavy (non-hydrogen) atoms. The first kappa shape index (κ1) is 12.6. The van der Waals surface area contributed by atoms with Crippen LogP contribution in [0.25, 0.3) is 5.76 Å². The van der Waals surface area contributed by atoms with Crippen LogP contribution in [0.5, 0.6) is 0 Å². The molecule has 0 radical (unpaired) electrons. The summed E-state index contributed by atoms with van der Waals surface area (Å²) in [6, 6.07) is 5.15. The highest BCUT2D eigenvalue weighted by Gasteiger charge is 2.38. The molecule has 3 nitrogen and oxygen atoms in total. The normalized spacial score (nSPS) is 16.0. The Labute approximate surface area is 106 Å². The first-order chi connectivity index (χ1) is 8.23. The van der Waals surface area contributed by atoms with Crippen LogP contribution in [0, 0.1) is 12.3 Å². The van der Waals surface area contributed by atoms with E-state index in [9.17, 15) is 14.7 Å². The second-order valence-electron chi connectivity index (χ2n) is 5.68. The van der Waals surface area contributed by atoms with Crippen LogP contribution in [-0.2, 0) is 4.79 Å². The number of benzene rings is 1. The molecule has 3 heteroatoms. The lowest BCUT2D eigenvalue weighted by molar-refractivity contribution is -0.112. The zero-order valence-corrected chi connectivity index (χ0v) is 11.0. The van der Waals surface area contributed by atoms with Crippen LogP contribution < -0.4 is 0 Å². The largest absolute Gasteiger partial charge is 0.507 e. The molecule has 0 fully saturated rings. The number of ketones is 2. The van der Waals surface area contributed by atoms with E-state index in [4.69, 9.17) is 0 Å². The maximum Gasteiger partial charge on any atom is 0.234 e. The summed E-state index contributed by atoms with van der Waals surface area (Å²) in [5.41, 5.74) is 1.28. The van der Waals surface area contributed by atoms with Gasteiger partial charge in [0.2, 0.25) is 11.6 Å². The predicted molar refractivity (Wildman–Crippen MR) is 69.5 cm³/mol. The standard InChI is InChI=1S/C15H16O3/c1-8-5-6-9-10(7-8)13(17)14(18)11(12(9)16)15(2,3)4/h5-7,16H,1-4H3. The molecule has 1 aliphatic carbocycles. The fourth-order valence-electron chi connectivity index (χ4n) is 2.23. The number of aliphatic hydroxyl groups is 1. The number of aryl methyl sites for hydroxylation is 1. The molecule has 0 bridgehead atoms. The molecule has 0 heterocycles. The number of fused-ring (bicyclic) bond motifs is 1. The lowest BCUT2D eigenvalue weighted by Gasteiger charge is -2.27. The van der Waals surface area contributed by atoms with Crippen molar-refractivity contribution in [3.63, 3.8) is 0 Å². The zero-order chi connectivity index (χ0) is 13.7. The maximum atomic E-state index is 12.1. The Morgan fingerprint density at radius 1 is 1.00 bits per heavy atom. The molecule has 1 N–H and O–H groups in total. The molecular formula is C15H16O3. The first-order valence-corrected chi connectivity index (χ1v) is 5.87. The molecular weight excluding hydrogens is 228 g/mol. The molecule has 0 amide bonds. The fourth-order valence-corrected chi connectivity index (χ4v) is 2.23. The summed E-state index contributed by atoms with van der Waals surface area (Å²) in [5, 5.41) is 10.2. The average molecular weight is 244 g/mol. The minimum atomic E-state index is -0.599. The number of hydrogen-bond acceptors (Lipinski definition) is 3. The number of aliphatic hydroxyl groups excluding tert-OH is 1. The minimum Gasteiger partial charge on any atom is -0.507 e. The molecule has 0 saturated heterocycles. The molecule has 0 aromatic heterocycles. The van der Waals surface area contributed by atoms with Gasteiger partial charge in [0.15, 0.2) is 0 Å². The molecule has 94 valence electrons. The quantitative estimate of drug-likeness (QED) is 0.713. The van der Waals surface area contributed by atoms with E-state index < -0.39 is 17.0 Å². The van der Waals surface area contributed by atoms with Crippen LogP contribution in [-0.4, -0.2) is 16.7 Å². The van der Waals surface area contributed by atoms with E-state index in [2.05, 4.69) is 0 Å². The summed E-state index contributed by atoms with van der Waals surface area (Å²) in [5.74, 6) is -1.20. The van der Waals surface area contributed by atoms with E-state index in [0.29, 0.717) is 11.1 Å². The Morgan fingerprint density at radius 3 is 2.17 bits per heavy atom. The van der Waals surface area contributed by atoms with Gasteiger partial charge in [-0.05, 0) is 18.4 Å². The SMILES string of the molecule is Cc1ccc2c(c1)C(=O)C(=O)C(C(C)(C)C)=C2O. The number of carbonyl (C=O) groups is 2. The maximum absolute atomic E-state index is 12.1. The van der Waals surface area contributed by atoms with Crippen molar-refractivity contribution < 1.29 is 14.7 Å². The van der Waals surface area contributed by atoms with Gasteiger partial charge in [-0.15, -0.1) is 0 Å². The first-order valence-electron chi connectivity index (χ1n) is 5.87. The van der Waals surface area contributed by atoms with Crippen molar-refractivity contribution in [2.45, 2.75) is 27.7 Å². The topological polar surface area (TPSA) is 54.4 Å². The Balaban J connectivity index is 2.78. The van der Waals surface area contributed by atoms with Gasteiger partial charge in [-0.2, -0.15) is 0 Å². The van der Waals surface area contributed by atoms with Gasteiger partial charge in [-0.3, -0.25) is 9.59 Å². The smallest absolute Gasteiger partial charge is 0.234 e. The lowest BCUT2D eigenvalue weighted by atomic mass is 9.76. The Bertz CT molecular complexity index is 586. The lowest BCUT2D eigenvalue weighted by Crippen LogP contribution is -2.30. The van der Waals surface area contributed by atoms with Crippen LogP contribution in [0.15, 0.2) is 23.8 Å². The van der Waals surface area contributed by atoms with E-state index in [1.54, 1.807) is 12.1 Å². The van der Waals surface area contributed by atoms with Crippen molar-refractivity contribution in [2.24, 2.45) is 5.41 Å². The van der Waals surface area contributed by atoms with Crippen LogP contribution in [0.4, 0.5) is 0 Å². The summed E-state index contributed by atoms with van der Waals surface area (Å²) in [4.78, 5) is 24.2. The predicted octanol–water partition coefficient (Wildman–Crippen LogP) is 3.08. The number of allylic oxidation sites excluding steroid dienone is 1. The van der Waals surface area contributed by atoms with Gasteiger partial charge in [-0.25, -0.2) is 0 Å². The number of carbonyl (C=O) groups excluding carboxylic acids is 2. The Morgan fingerprint density at radius 2 is 1.61 bits per heavy atom. The molecule has 1 aliphatic rings. The van der Waals surface area contributed by atoms with Crippen LogP contribution in [0.1, 0.15) is 42.3 Å². The number of hydrogen-bond donors (Lipinski definition) is 1. The zero-order valence-electron chi connectivity index (χ0n) is 11.0. The second-order valence-corrected chi connectivity index (χ2v) is 5.68. The van der Waals surface area contributed by atoms with Gasteiger partial charge in [0.05, 0.1) is 5.57 Å². The summed E-state index contributed by atoms with van der Waals surface area (Å²) in [6.07, 6.45) is 0. The van der Waals surface area contributed by atoms with Gasteiger partial charge < -0.3 is 5.11 Å². The molecule has 2 rings (SSSR count). The van der Waals surface area contributed by atoms with Crippen molar-refractivity contribution in [1.82, 2.24) is 0 Å². The fraction of sp³-hybridized carbons (Fsp3) is 0.333. The van der Waals surface area contributed by atoms with Crippen molar-refractivity contribution >= 4 is 17.3 Å². The van der Waals surface area contributed by atoms with E-state index >= 15 is 0 Å². The summed E-state index contributed by atoms with van der Waals surface area (Å²) in [6.45, 7) is 7.27. The van der Waals surface area contributed by atoms with Gasteiger partial charge in [0.25, 0.3) is 0 Å². The van der Waals surface area contributed by atoms with Crippen molar-refractivity contribution in [2.75, 3.05) is 0 Å². The highest BCUT2D eigenvalue weighted by molar-refractivity contribution is 6.52. The molecule has 0 saturated carbocycles. The van der Waals surface area contributed by atoms with E-state index in [0.717, 1.165) is 5.56 Å². The second kappa shape index (κ2) is 3.80. The van der Waals surface area contributed by atoms with Crippen molar-refractivity contribution in [3.8, 4) is 0 Å². The van der Waals surface area contributed by atoms with Gasteiger partial charge >= 0.3 is 0 Å². The monoisotopic (exact) mass is 244 g/mol.